The predicted octanol–water partition coefficient (Wildman–Crippen LogP) is 3.46. The Balaban J connectivity index is 2.70. The highest BCUT2D eigenvalue weighted by molar-refractivity contribution is 5.26. The number of hydrogen-bond donors (Lipinski definition) is 2. The summed E-state index contributed by atoms with van der Waals surface area (Å²) in [6.07, 6.45) is 4.94. The monoisotopic (exact) mass is 322 g/mol. The number of ether oxygens (including phenoxy) is 2. The van der Waals surface area contributed by atoms with Gasteiger partial charge in [-0.2, -0.15) is 0 Å². The summed E-state index contributed by atoms with van der Waals surface area (Å²) in [7, 11) is 1.63. The van der Waals surface area contributed by atoms with Crippen molar-refractivity contribution in [3.63, 3.8) is 0 Å². The van der Waals surface area contributed by atoms with Crippen LogP contribution in [0.25, 0.3) is 0 Å². The maximum atomic E-state index is 10.9. The van der Waals surface area contributed by atoms with Crippen LogP contribution in [0.5, 0.6) is 5.75 Å². The van der Waals surface area contributed by atoms with E-state index in [0.29, 0.717) is 25.9 Å². The van der Waals surface area contributed by atoms with E-state index in [2.05, 4.69) is 13.5 Å². The van der Waals surface area contributed by atoms with Gasteiger partial charge in [-0.3, -0.25) is 0 Å². The first-order valence-corrected chi connectivity index (χ1v) is 8.28. The van der Waals surface area contributed by atoms with Gasteiger partial charge in [0.05, 0.1) is 25.9 Å². The van der Waals surface area contributed by atoms with E-state index in [9.17, 15) is 10.2 Å². The average molecular weight is 322 g/mol. The van der Waals surface area contributed by atoms with Crippen molar-refractivity contribution in [3.8, 4) is 5.75 Å². The van der Waals surface area contributed by atoms with Gasteiger partial charge in [0.1, 0.15) is 11.9 Å². The SMILES string of the molecule is C=CCC[C@](O)(CCCC)[C@H](CO)OCc1ccc(OC)cc1. The molecule has 0 fully saturated rings. The first kappa shape index (κ1) is 19.7. The lowest BCUT2D eigenvalue weighted by Gasteiger charge is -2.35. The average Bonchev–Trinajstić information content (AvgIpc) is 2.59. The van der Waals surface area contributed by atoms with Crippen LogP contribution in [-0.2, 0) is 11.3 Å². The third-order valence-electron chi connectivity index (χ3n) is 4.12. The molecule has 2 atom stereocenters. The molecule has 1 rings (SSSR count). The molecule has 0 aliphatic rings. The lowest BCUT2D eigenvalue weighted by atomic mass is 9.86. The van der Waals surface area contributed by atoms with Crippen molar-refractivity contribution in [2.24, 2.45) is 0 Å². The van der Waals surface area contributed by atoms with E-state index in [1.165, 1.54) is 0 Å². The zero-order valence-electron chi connectivity index (χ0n) is 14.3. The summed E-state index contributed by atoms with van der Waals surface area (Å²) in [5.74, 6) is 0.790. The van der Waals surface area contributed by atoms with Gasteiger partial charge in [-0.25, -0.2) is 0 Å². The zero-order chi connectivity index (χ0) is 17.1. The molecule has 0 saturated carbocycles. The first-order valence-electron chi connectivity index (χ1n) is 8.28. The molecule has 0 heterocycles. The molecule has 0 saturated heterocycles. The Morgan fingerprint density at radius 2 is 1.96 bits per heavy atom. The van der Waals surface area contributed by atoms with E-state index in [1.54, 1.807) is 13.2 Å². The van der Waals surface area contributed by atoms with Gasteiger partial charge in [0, 0.05) is 0 Å². The maximum Gasteiger partial charge on any atom is 0.118 e. The van der Waals surface area contributed by atoms with Crippen molar-refractivity contribution >= 4 is 0 Å². The molecule has 1 aromatic carbocycles. The highest BCUT2D eigenvalue weighted by atomic mass is 16.5. The summed E-state index contributed by atoms with van der Waals surface area (Å²) in [6, 6.07) is 7.57. The van der Waals surface area contributed by atoms with Crippen LogP contribution in [0.15, 0.2) is 36.9 Å². The molecule has 0 amide bonds. The van der Waals surface area contributed by atoms with Crippen LogP contribution in [0.2, 0.25) is 0 Å². The summed E-state index contributed by atoms with van der Waals surface area (Å²) >= 11 is 0. The first-order chi connectivity index (χ1) is 11.1. The smallest absolute Gasteiger partial charge is 0.118 e. The Labute approximate surface area is 139 Å². The fourth-order valence-corrected chi connectivity index (χ4v) is 2.58. The molecule has 4 heteroatoms. The Kier molecular flexibility index (Phi) is 8.92. The number of allylic oxidation sites excluding steroid dienone is 1. The summed E-state index contributed by atoms with van der Waals surface area (Å²) < 4.78 is 11.0. The van der Waals surface area contributed by atoms with Gasteiger partial charge in [0.2, 0.25) is 0 Å². The molecule has 0 aliphatic heterocycles. The van der Waals surface area contributed by atoms with Crippen molar-refractivity contribution in [2.45, 2.75) is 57.3 Å². The molecular formula is C19H30O4. The summed E-state index contributed by atoms with van der Waals surface area (Å²) in [4.78, 5) is 0. The molecule has 1 aromatic rings. The van der Waals surface area contributed by atoms with Gasteiger partial charge in [0.25, 0.3) is 0 Å². The second kappa shape index (κ2) is 10.4. The van der Waals surface area contributed by atoms with Crippen LogP contribution in [0, 0.1) is 0 Å². The number of benzene rings is 1. The molecule has 0 spiro atoms. The molecule has 130 valence electrons. The van der Waals surface area contributed by atoms with Crippen LogP contribution in [0.4, 0.5) is 0 Å². The van der Waals surface area contributed by atoms with E-state index < -0.39 is 11.7 Å². The van der Waals surface area contributed by atoms with Crippen molar-refractivity contribution in [1.82, 2.24) is 0 Å². The maximum absolute atomic E-state index is 10.9. The molecule has 0 aliphatic carbocycles. The Morgan fingerprint density at radius 3 is 2.48 bits per heavy atom. The van der Waals surface area contributed by atoms with Gasteiger partial charge in [0.15, 0.2) is 0 Å². The van der Waals surface area contributed by atoms with E-state index >= 15 is 0 Å². The summed E-state index contributed by atoms with van der Waals surface area (Å²) in [5.41, 5.74) is -0.0448. The minimum Gasteiger partial charge on any atom is -0.497 e. The summed E-state index contributed by atoms with van der Waals surface area (Å²) in [5, 5.41) is 20.6. The number of methoxy groups -OCH3 is 1. The lowest BCUT2D eigenvalue weighted by molar-refractivity contribution is -0.140. The second-order valence-electron chi connectivity index (χ2n) is 5.86. The molecule has 0 aromatic heterocycles. The Bertz CT molecular complexity index is 443. The van der Waals surface area contributed by atoms with Gasteiger partial charge in [-0.05, 0) is 37.0 Å². The molecule has 0 unspecified atom stereocenters. The van der Waals surface area contributed by atoms with Gasteiger partial charge in [-0.1, -0.05) is 38.0 Å². The Morgan fingerprint density at radius 1 is 1.26 bits per heavy atom. The molecular weight excluding hydrogens is 292 g/mol. The quantitative estimate of drug-likeness (QED) is 0.579. The van der Waals surface area contributed by atoms with Gasteiger partial charge >= 0.3 is 0 Å². The summed E-state index contributed by atoms with van der Waals surface area (Å²) in [6.45, 7) is 5.94. The van der Waals surface area contributed by atoms with Crippen molar-refractivity contribution in [2.75, 3.05) is 13.7 Å². The molecule has 23 heavy (non-hydrogen) atoms. The Hall–Kier alpha value is -1.36. The normalized spacial score (nSPS) is 15.0. The van der Waals surface area contributed by atoms with E-state index in [1.807, 2.05) is 24.3 Å². The molecule has 2 N–H and O–H groups in total. The minimum atomic E-state index is -1.02. The largest absolute Gasteiger partial charge is 0.497 e. The topological polar surface area (TPSA) is 58.9 Å². The minimum absolute atomic E-state index is 0.201. The lowest BCUT2D eigenvalue weighted by Crippen LogP contribution is -2.46. The van der Waals surface area contributed by atoms with Crippen LogP contribution in [0.3, 0.4) is 0 Å². The number of aliphatic hydroxyl groups is 2. The molecule has 0 radical (unpaired) electrons. The standard InChI is InChI=1S/C19H30O4/c1-4-6-12-19(21,13-7-5-2)18(14-20)23-15-16-8-10-17(22-3)11-9-16/h4,8-11,18,20-21H,1,5-7,12-15H2,2-3H3/t18-,19-/m0/s1. The zero-order valence-corrected chi connectivity index (χ0v) is 14.3. The number of aliphatic hydroxyl groups excluding tert-OH is 1. The van der Waals surface area contributed by atoms with Crippen LogP contribution in [0.1, 0.15) is 44.6 Å². The third-order valence-corrected chi connectivity index (χ3v) is 4.12. The highest BCUT2D eigenvalue weighted by Crippen LogP contribution is 2.28. The number of hydrogen-bond acceptors (Lipinski definition) is 4. The molecule has 0 bridgehead atoms. The van der Waals surface area contributed by atoms with E-state index in [4.69, 9.17) is 9.47 Å². The van der Waals surface area contributed by atoms with Crippen molar-refractivity contribution in [3.05, 3.63) is 42.5 Å². The van der Waals surface area contributed by atoms with E-state index in [0.717, 1.165) is 24.2 Å². The van der Waals surface area contributed by atoms with E-state index in [-0.39, 0.29) is 6.61 Å². The van der Waals surface area contributed by atoms with Crippen LogP contribution >= 0.6 is 0 Å². The number of rotatable bonds is 12. The van der Waals surface area contributed by atoms with Crippen LogP contribution < -0.4 is 4.74 Å². The number of unbranched alkanes of at least 4 members (excludes halogenated alkanes) is 1. The second-order valence-corrected chi connectivity index (χ2v) is 5.86. The van der Waals surface area contributed by atoms with Gasteiger partial charge < -0.3 is 19.7 Å². The van der Waals surface area contributed by atoms with Crippen LogP contribution in [-0.4, -0.2) is 35.6 Å². The molecule has 4 nitrogen and oxygen atoms in total. The third kappa shape index (κ3) is 6.34. The van der Waals surface area contributed by atoms with Crippen molar-refractivity contribution in [1.29, 1.82) is 0 Å². The fourth-order valence-electron chi connectivity index (χ4n) is 2.58. The fraction of sp³-hybridized carbons (Fsp3) is 0.579. The highest BCUT2D eigenvalue weighted by Gasteiger charge is 2.36. The van der Waals surface area contributed by atoms with Crippen molar-refractivity contribution < 1.29 is 19.7 Å². The predicted molar refractivity (Wildman–Crippen MR) is 92.6 cm³/mol. The van der Waals surface area contributed by atoms with Gasteiger partial charge in [-0.15, -0.1) is 6.58 Å².